The molecule has 0 radical (unpaired) electrons. The number of amides is 2. The molecule has 2 aliphatic heterocycles. The van der Waals surface area contributed by atoms with Crippen LogP contribution in [0.3, 0.4) is 0 Å². The lowest BCUT2D eigenvalue weighted by molar-refractivity contribution is -0.130. The average Bonchev–Trinajstić information content (AvgIpc) is 3.15. The molecule has 3 heterocycles. The van der Waals surface area contributed by atoms with Gasteiger partial charge in [-0.1, -0.05) is 0 Å². The normalized spacial score (nSPS) is 18.9. The summed E-state index contributed by atoms with van der Waals surface area (Å²) in [6, 6.07) is 0.972. The van der Waals surface area contributed by atoms with Crippen LogP contribution in [0.15, 0.2) is 12.4 Å². The Balaban J connectivity index is 1.46. The van der Waals surface area contributed by atoms with E-state index in [1.165, 1.54) is 0 Å². The highest BCUT2D eigenvalue weighted by atomic mass is 16.5. The van der Waals surface area contributed by atoms with Crippen molar-refractivity contribution >= 4 is 11.8 Å². The van der Waals surface area contributed by atoms with Crippen molar-refractivity contribution < 1.29 is 14.3 Å². The Labute approximate surface area is 173 Å². The summed E-state index contributed by atoms with van der Waals surface area (Å²) in [5, 5.41) is 7.30. The van der Waals surface area contributed by atoms with Crippen molar-refractivity contribution in [1.82, 2.24) is 24.9 Å². The van der Waals surface area contributed by atoms with Crippen molar-refractivity contribution in [1.29, 1.82) is 0 Å². The molecule has 1 N–H and O–H groups in total. The Hall–Kier alpha value is -1.93. The van der Waals surface area contributed by atoms with Gasteiger partial charge in [-0.05, 0) is 38.2 Å². The third-order valence-electron chi connectivity index (χ3n) is 6.06. The number of nitrogens with one attached hydrogen (secondary N) is 1. The van der Waals surface area contributed by atoms with Gasteiger partial charge < -0.3 is 15.0 Å². The summed E-state index contributed by atoms with van der Waals surface area (Å²) < 4.78 is 7.36. The summed E-state index contributed by atoms with van der Waals surface area (Å²) in [7, 11) is 0. The highest BCUT2D eigenvalue weighted by Crippen LogP contribution is 2.23. The number of carbonyl (C=O) groups is 2. The number of nitrogens with zero attached hydrogens (tertiary/aromatic N) is 4. The number of hydrogen-bond acceptors (Lipinski definition) is 5. The lowest BCUT2D eigenvalue weighted by atomic mass is 9.98. The molecule has 0 aromatic carbocycles. The fraction of sp³-hybridized carbons (Fsp3) is 0.762. The number of carbonyl (C=O) groups excluding carboxylic acids is 2. The average molecular weight is 406 g/mol. The van der Waals surface area contributed by atoms with Gasteiger partial charge in [-0.15, -0.1) is 0 Å². The summed E-state index contributed by atoms with van der Waals surface area (Å²) in [5.74, 6) is 0.234. The van der Waals surface area contributed by atoms with E-state index < -0.39 is 0 Å². The minimum atomic E-state index is 0.0662. The van der Waals surface area contributed by atoms with E-state index in [-0.39, 0.29) is 11.8 Å². The van der Waals surface area contributed by atoms with Crippen LogP contribution >= 0.6 is 0 Å². The molecule has 2 saturated heterocycles. The van der Waals surface area contributed by atoms with Gasteiger partial charge in [-0.25, -0.2) is 0 Å². The molecule has 2 fully saturated rings. The Morgan fingerprint density at radius 3 is 2.52 bits per heavy atom. The Bertz CT molecular complexity index is 663. The van der Waals surface area contributed by atoms with Gasteiger partial charge in [0.1, 0.15) is 0 Å². The number of likely N-dealkylation sites (tertiary alicyclic amines) is 1. The molecule has 0 aliphatic carbocycles. The molecule has 1 aromatic rings. The summed E-state index contributed by atoms with van der Waals surface area (Å²) in [6.45, 7) is 9.03. The van der Waals surface area contributed by atoms with Gasteiger partial charge in [0.2, 0.25) is 11.8 Å². The monoisotopic (exact) mass is 405 g/mol. The van der Waals surface area contributed by atoms with Crippen LogP contribution in [0, 0.1) is 6.92 Å². The first-order valence-corrected chi connectivity index (χ1v) is 10.9. The second-order valence-corrected chi connectivity index (χ2v) is 8.20. The molecular formula is C21H35N5O3. The Kier molecular flexibility index (Phi) is 8.06. The third-order valence-corrected chi connectivity index (χ3v) is 6.06. The first-order chi connectivity index (χ1) is 14.0. The zero-order valence-corrected chi connectivity index (χ0v) is 17.8. The third kappa shape index (κ3) is 6.54. The highest BCUT2D eigenvalue weighted by Gasteiger charge is 2.31. The second kappa shape index (κ2) is 10.7. The molecule has 8 heteroatoms. The SMILES string of the molecule is CC(=O)N1CCC(N(CCNC(=O)CCn2cc(C)cn2)C2CCOCC2)CC1. The van der Waals surface area contributed by atoms with E-state index in [1.807, 2.05) is 22.7 Å². The number of ether oxygens (including phenoxy) is 1. The number of aromatic nitrogens is 2. The van der Waals surface area contributed by atoms with E-state index in [0.29, 0.717) is 31.6 Å². The standard InChI is InChI=1S/C21H35N5O3/c1-17-15-23-25(16-17)11-5-21(28)22-8-12-26(20-6-13-29-14-7-20)19-3-9-24(10-4-19)18(2)27/h15-16,19-20H,3-14H2,1-2H3,(H,22,28). The van der Waals surface area contributed by atoms with E-state index in [9.17, 15) is 9.59 Å². The van der Waals surface area contributed by atoms with Crippen molar-refractivity contribution in [3.63, 3.8) is 0 Å². The molecule has 1 aromatic heterocycles. The van der Waals surface area contributed by atoms with Crippen molar-refractivity contribution in [3.8, 4) is 0 Å². The Morgan fingerprint density at radius 2 is 1.90 bits per heavy atom. The molecule has 8 nitrogen and oxygen atoms in total. The maximum Gasteiger partial charge on any atom is 0.221 e. The smallest absolute Gasteiger partial charge is 0.221 e. The van der Waals surface area contributed by atoms with Crippen molar-refractivity contribution in [2.24, 2.45) is 0 Å². The van der Waals surface area contributed by atoms with Crippen LogP contribution in [0.5, 0.6) is 0 Å². The van der Waals surface area contributed by atoms with Gasteiger partial charge in [-0.2, -0.15) is 5.10 Å². The fourth-order valence-electron chi connectivity index (χ4n) is 4.41. The molecule has 29 heavy (non-hydrogen) atoms. The predicted octanol–water partition coefficient (Wildman–Crippen LogP) is 1.19. The molecule has 162 valence electrons. The molecule has 3 rings (SSSR count). The molecule has 0 bridgehead atoms. The van der Waals surface area contributed by atoms with Crippen LogP contribution in [0.2, 0.25) is 0 Å². The predicted molar refractivity (Wildman–Crippen MR) is 110 cm³/mol. The molecule has 0 atom stereocenters. The number of piperidine rings is 1. The molecule has 2 aliphatic rings. The van der Waals surface area contributed by atoms with Crippen molar-refractivity contribution in [2.75, 3.05) is 39.4 Å². The van der Waals surface area contributed by atoms with Crippen molar-refractivity contribution in [3.05, 3.63) is 18.0 Å². The van der Waals surface area contributed by atoms with E-state index in [4.69, 9.17) is 4.74 Å². The minimum absolute atomic E-state index is 0.0662. The first kappa shape index (κ1) is 21.8. The molecule has 0 saturated carbocycles. The zero-order valence-electron chi connectivity index (χ0n) is 17.8. The molecule has 2 amide bonds. The molecular weight excluding hydrogens is 370 g/mol. The largest absolute Gasteiger partial charge is 0.381 e. The minimum Gasteiger partial charge on any atom is -0.381 e. The summed E-state index contributed by atoms with van der Waals surface area (Å²) >= 11 is 0. The summed E-state index contributed by atoms with van der Waals surface area (Å²) in [4.78, 5) is 28.4. The first-order valence-electron chi connectivity index (χ1n) is 10.9. The van der Waals surface area contributed by atoms with Crippen LogP contribution in [0.4, 0.5) is 0 Å². The van der Waals surface area contributed by atoms with Crippen LogP contribution in [0.1, 0.15) is 44.6 Å². The maximum absolute atomic E-state index is 12.2. The van der Waals surface area contributed by atoms with Crippen molar-refractivity contribution in [2.45, 2.75) is 64.6 Å². The van der Waals surface area contributed by atoms with E-state index >= 15 is 0 Å². The maximum atomic E-state index is 12.2. The van der Waals surface area contributed by atoms with Crippen LogP contribution in [-0.4, -0.2) is 82.9 Å². The van der Waals surface area contributed by atoms with Crippen LogP contribution in [-0.2, 0) is 20.9 Å². The lowest BCUT2D eigenvalue weighted by Gasteiger charge is -2.43. The zero-order chi connectivity index (χ0) is 20.6. The topological polar surface area (TPSA) is 79.7 Å². The van der Waals surface area contributed by atoms with E-state index in [2.05, 4.69) is 15.3 Å². The van der Waals surface area contributed by atoms with E-state index in [1.54, 1.807) is 13.1 Å². The lowest BCUT2D eigenvalue weighted by Crippen LogP contribution is -2.53. The van der Waals surface area contributed by atoms with Gasteiger partial charge in [0.15, 0.2) is 0 Å². The van der Waals surface area contributed by atoms with Gasteiger partial charge in [0, 0.05) is 77.6 Å². The number of rotatable bonds is 8. The fourth-order valence-corrected chi connectivity index (χ4v) is 4.41. The highest BCUT2D eigenvalue weighted by molar-refractivity contribution is 5.75. The van der Waals surface area contributed by atoms with Crippen LogP contribution in [0.25, 0.3) is 0 Å². The van der Waals surface area contributed by atoms with Gasteiger partial charge in [-0.3, -0.25) is 19.2 Å². The quantitative estimate of drug-likeness (QED) is 0.703. The van der Waals surface area contributed by atoms with Gasteiger partial charge in [0.05, 0.1) is 6.20 Å². The van der Waals surface area contributed by atoms with Gasteiger partial charge >= 0.3 is 0 Å². The number of aryl methyl sites for hydroxylation is 2. The second-order valence-electron chi connectivity index (χ2n) is 8.20. The number of hydrogen-bond donors (Lipinski definition) is 1. The molecule has 0 unspecified atom stereocenters. The summed E-state index contributed by atoms with van der Waals surface area (Å²) in [5.41, 5.74) is 1.10. The van der Waals surface area contributed by atoms with E-state index in [0.717, 1.165) is 64.1 Å². The molecule has 0 spiro atoms. The Morgan fingerprint density at radius 1 is 1.21 bits per heavy atom. The summed E-state index contributed by atoms with van der Waals surface area (Å²) in [6.07, 6.45) is 8.29. The van der Waals surface area contributed by atoms with Gasteiger partial charge in [0.25, 0.3) is 0 Å². The van der Waals surface area contributed by atoms with Crippen LogP contribution < -0.4 is 5.32 Å².